The molecule has 1 aliphatic carbocycles. The van der Waals surface area contributed by atoms with Crippen LogP contribution in [0.2, 0.25) is 11.1 Å². The Labute approximate surface area is 102 Å². The highest BCUT2D eigenvalue weighted by Gasteiger charge is 2.49. The van der Waals surface area contributed by atoms with E-state index in [1.54, 1.807) is 0 Å². The maximum absolute atomic E-state index is 5.93. The molecule has 16 heavy (non-hydrogen) atoms. The minimum atomic E-state index is -1.98. The Morgan fingerprint density at radius 2 is 1.62 bits per heavy atom. The van der Waals surface area contributed by atoms with Crippen LogP contribution in [0.25, 0.3) is 0 Å². The van der Waals surface area contributed by atoms with Crippen molar-refractivity contribution in [3.05, 3.63) is 0 Å². The third kappa shape index (κ3) is 2.69. The summed E-state index contributed by atoms with van der Waals surface area (Å²) in [5, 5.41) is 0. The van der Waals surface area contributed by atoms with Crippen LogP contribution >= 0.6 is 0 Å². The zero-order valence-electron chi connectivity index (χ0n) is 11.6. The second-order valence-electron chi connectivity index (χ2n) is 5.40. The van der Waals surface area contributed by atoms with E-state index in [1.807, 2.05) is 14.2 Å². The lowest BCUT2D eigenvalue weighted by Gasteiger charge is -2.42. The molecule has 0 saturated heterocycles. The lowest BCUT2D eigenvalue weighted by Crippen LogP contribution is -2.49. The van der Waals surface area contributed by atoms with Crippen molar-refractivity contribution in [1.82, 2.24) is 0 Å². The van der Waals surface area contributed by atoms with Crippen LogP contribution in [0.1, 0.15) is 52.9 Å². The molecule has 1 fully saturated rings. The molecule has 1 unspecified atom stereocenters. The first kappa shape index (κ1) is 14.2. The first-order chi connectivity index (χ1) is 7.60. The van der Waals surface area contributed by atoms with E-state index in [4.69, 9.17) is 8.85 Å². The van der Waals surface area contributed by atoms with Gasteiger partial charge in [-0.15, -0.1) is 0 Å². The number of hydrogen-bond donors (Lipinski definition) is 0. The molecule has 0 N–H and O–H groups in total. The summed E-state index contributed by atoms with van der Waals surface area (Å²) in [7, 11) is 1.75. The van der Waals surface area contributed by atoms with Crippen molar-refractivity contribution < 1.29 is 8.85 Å². The number of hydrogen-bond acceptors (Lipinski definition) is 2. The van der Waals surface area contributed by atoms with Crippen molar-refractivity contribution in [3.63, 3.8) is 0 Å². The van der Waals surface area contributed by atoms with Crippen molar-refractivity contribution in [2.75, 3.05) is 14.2 Å². The van der Waals surface area contributed by atoms with Gasteiger partial charge in [-0.25, -0.2) is 0 Å². The van der Waals surface area contributed by atoms with Gasteiger partial charge in [0.2, 0.25) is 0 Å². The quantitative estimate of drug-likeness (QED) is 0.678. The second kappa shape index (κ2) is 6.17. The van der Waals surface area contributed by atoms with Gasteiger partial charge < -0.3 is 8.85 Å². The highest BCUT2D eigenvalue weighted by atomic mass is 28.4. The molecule has 0 aromatic heterocycles. The predicted molar refractivity (Wildman–Crippen MR) is 70.9 cm³/mol. The van der Waals surface area contributed by atoms with E-state index >= 15 is 0 Å². The molecule has 0 radical (unpaired) electrons. The Morgan fingerprint density at radius 3 is 2.00 bits per heavy atom. The maximum atomic E-state index is 5.93. The molecule has 1 aliphatic rings. The van der Waals surface area contributed by atoms with Gasteiger partial charge in [-0.05, 0) is 24.3 Å². The van der Waals surface area contributed by atoms with E-state index in [2.05, 4.69) is 20.8 Å². The van der Waals surface area contributed by atoms with E-state index in [0.29, 0.717) is 11.1 Å². The van der Waals surface area contributed by atoms with Gasteiger partial charge >= 0.3 is 8.56 Å². The molecule has 2 nitrogen and oxygen atoms in total. The Kier molecular flexibility index (Phi) is 5.48. The van der Waals surface area contributed by atoms with Crippen LogP contribution in [0.5, 0.6) is 0 Å². The molecular weight excluding hydrogens is 216 g/mol. The zero-order chi connectivity index (χ0) is 12.2. The van der Waals surface area contributed by atoms with Crippen molar-refractivity contribution in [3.8, 4) is 0 Å². The van der Waals surface area contributed by atoms with Gasteiger partial charge in [-0.3, -0.25) is 0 Å². The molecule has 3 heteroatoms. The Bertz CT molecular complexity index is 196. The summed E-state index contributed by atoms with van der Waals surface area (Å²) in [6.45, 7) is 6.91. The third-order valence-corrected chi connectivity index (χ3v) is 9.30. The van der Waals surface area contributed by atoms with Gasteiger partial charge in [0.05, 0.1) is 0 Å². The minimum absolute atomic E-state index is 0.598. The van der Waals surface area contributed by atoms with E-state index in [-0.39, 0.29) is 0 Å². The van der Waals surface area contributed by atoms with E-state index < -0.39 is 8.56 Å². The van der Waals surface area contributed by atoms with Crippen LogP contribution in [0.3, 0.4) is 0 Å². The fraction of sp³-hybridized carbons (Fsp3) is 1.00. The fourth-order valence-corrected chi connectivity index (χ4v) is 7.32. The van der Waals surface area contributed by atoms with Gasteiger partial charge in [-0.1, -0.05) is 40.0 Å². The second-order valence-corrected chi connectivity index (χ2v) is 9.46. The summed E-state index contributed by atoms with van der Waals surface area (Å²) in [5.74, 6) is 0.897. The average molecular weight is 244 g/mol. The van der Waals surface area contributed by atoms with Crippen molar-refractivity contribution in [1.29, 1.82) is 0 Å². The molecule has 0 aromatic carbocycles. The van der Waals surface area contributed by atoms with E-state index in [9.17, 15) is 0 Å². The lowest BCUT2D eigenvalue weighted by atomic mass is 9.90. The first-order valence-electron chi connectivity index (χ1n) is 6.71. The summed E-state index contributed by atoms with van der Waals surface area (Å²) >= 11 is 0. The van der Waals surface area contributed by atoms with E-state index in [0.717, 1.165) is 5.92 Å². The molecule has 1 saturated carbocycles. The molecule has 0 heterocycles. The van der Waals surface area contributed by atoms with Crippen LogP contribution in [0.4, 0.5) is 0 Å². The van der Waals surface area contributed by atoms with Crippen LogP contribution < -0.4 is 0 Å². The fourth-order valence-electron chi connectivity index (χ4n) is 3.17. The Morgan fingerprint density at radius 1 is 1.12 bits per heavy atom. The molecule has 96 valence electrons. The summed E-state index contributed by atoms with van der Waals surface area (Å²) in [6.07, 6.45) is 6.48. The van der Waals surface area contributed by atoms with Gasteiger partial charge in [0.15, 0.2) is 0 Å². The van der Waals surface area contributed by atoms with Crippen LogP contribution in [-0.4, -0.2) is 22.8 Å². The summed E-state index contributed by atoms with van der Waals surface area (Å²) in [6, 6.07) is 0. The monoisotopic (exact) mass is 244 g/mol. The first-order valence-corrected chi connectivity index (χ1v) is 8.68. The Hall–Kier alpha value is 0.137. The minimum Gasteiger partial charge on any atom is -0.397 e. The molecule has 0 bridgehead atoms. The van der Waals surface area contributed by atoms with Gasteiger partial charge in [-0.2, -0.15) is 0 Å². The topological polar surface area (TPSA) is 18.5 Å². The predicted octanol–water partition coefficient (Wildman–Crippen LogP) is 4.10. The average Bonchev–Trinajstić information content (AvgIpc) is 2.33. The maximum Gasteiger partial charge on any atom is 0.343 e. The van der Waals surface area contributed by atoms with Crippen LogP contribution in [-0.2, 0) is 8.85 Å². The van der Waals surface area contributed by atoms with Gasteiger partial charge in [0.25, 0.3) is 0 Å². The molecule has 0 aromatic rings. The van der Waals surface area contributed by atoms with Crippen molar-refractivity contribution in [2.45, 2.75) is 64.0 Å². The standard InChI is InChI=1S/C13H28O2Si/c1-6-12(3)16(14-4,15-5)13-9-7-11(2)8-10-13/h11-13H,6-10H2,1-5H3. The SMILES string of the molecule is CCC(C)[Si](OC)(OC)C1CCC(C)CC1. The molecule has 1 atom stereocenters. The largest absolute Gasteiger partial charge is 0.397 e. The van der Waals surface area contributed by atoms with Crippen LogP contribution in [0, 0.1) is 5.92 Å². The highest BCUT2D eigenvalue weighted by Crippen LogP contribution is 2.45. The number of rotatable bonds is 5. The summed E-state index contributed by atoms with van der Waals surface area (Å²) in [4.78, 5) is 0. The molecular formula is C13H28O2Si. The van der Waals surface area contributed by atoms with Crippen molar-refractivity contribution >= 4 is 8.56 Å². The van der Waals surface area contributed by atoms with Crippen LogP contribution in [0.15, 0.2) is 0 Å². The summed E-state index contributed by atoms with van der Waals surface area (Å²) in [5.41, 5.74) is 1.30. The molecule has 0 aliphatic heterocycles. The molecule has 1 rings (SSSR count). The normalized spacial score (nSPS) is 29.1. The lowest BCUT2D eigenvalue weighted by molar-refractivity contribution is 0.198. The zero-order valence-corrected chi connectivity index (χ0v) is 12.6. The Balaban J connectivity index is 2.76. The molecule has 0 spiro atoms. The van der Waals surface area contributed by atoms with Crippen molar-refractivity contribution in [2.24, 2.45) is 5.92 Å². The van der Waals surface area contributed by atoms with Gasteiger partial charge in [0, 0.05) is 19.8 Å². The molecule has 0 amide bonds. The highest BCUT2D eigenvalue weighted by molar-refractivity contribution is 6.70. The third-order valence-electron chi connectivity index (χ3n) is 4.52. The summed E-state index contributed by atoms with van der Waals surface area (Å²) < 4.78 is 11.9. The van der Waals surface area contributed by atoms with E-state index in [1.165, 1.54) is 32.1 Å². The smallest absolute Gasteiger partial charge is 0.343 e. The van der Waals surface area contributed by atoms with Gasteiger partial charge in [0.1, 0.15) is 0 Å².